The van der Waals surface area contributed by atoms with Crippen molar-refractivity contribution in [2.24, 2.45) is 0 Å². The lowest BCUT2D eigenvalue weighted by molar-refractivity contribution is -0.761. The molecule has 0 saturated carbocycles. The maximum absolute atomic E-state index is 11.4. The molecule has 0 unspecified atom stereocenters. The number of ether oxygens (including phenoxy) is 1. The van der Waals surface area contributed by atoms with Crippen molar-refractivity contribution < 1.29 is 14.4 Å². The molecule has 1 aliphatic carbocycles. The van der Waals surface area contributed by atoms with Crippen LogP contribution in [0.5, 0.6) is 0 Å². The zero-order valence-electron chi connectivity index (χ0n) is 19.2. The lowest BCUT2D eigenvalue weighted by atomic mass is 9.79. The fourth-order valence-electron chi connectivity index (χ4n) is 5.57. The van der Waals surface area contributed by atoms with Crippen molar-refractivity contribution in [3.63, 3.8) is 0 Å². The van der Waals surface area contributed by atoms with Gasteiger partial charge in [-0.2, -0.15) is 4.57 Å². The Morgan fingerprint density at radius 3 is 2.31 bits per heavy atom. The van der Waals surface area contributed by atoms with Crippen LogP contribution in [0.15, 0.2) is 60.8 Å². The van der Waals surface area contributed by atoms with Gasteiger partial charge in [-0.25, -0.2) is 0 Å². The fraction of sp³-hybridized carbons (Fsp3) is 0.276. The van der Waals surface area contributed by atoms with E-state index in [0.717, 1.165) is 11.3 Å². The van der Waals surface area contributed by atoms with Crippen molar-refractivity contribution in [1.82, 2.24) is 0 Å². The Morgan fingerprint density at radius 2 is 1.62 bits per heavy atom. The lowest BCUT2D eigenvalue weighted by Gasteiger charge is -2.30. The predicted molar refractivity (Wildman–Crippen MR) is 128 cm³/mol. The molecule has 2 aliphatic rings. The molecule has 6 rings (SSSR count). The van der Waals surface area contributed by atoms with E-state index in [4.69, 9.17) is 4.74 Å². The molecule has 3 nitrogen and oxygen atoms in total. The summed E-state index contributed by atoms with van der Waals surface area (Å²) in [6.07, 6.45) is 0.795. The van der Waals surface area contributed by atoms with Crippen molar-refractivity contribution in [3.8, 4) is 33.5 Å². The Hall–Kier alpha value is -3.01. The zero-order valence-corrected chi connectivity index (χ0v) is 19.2. The average molecular weight is 423 g/mol. The number of aromatic nitrogens is 1. The Balaban J connectivity index is 1.90. The van der Waals surface area contributed by atoms with Gasteiger partial charge in [0, 0.05) is 18.7 Å². The Kier molecular flexibility index (Phi) is 4.00. The van der Waals surface area contributed by atoms with Crippen molar-refractivity contribution >= 4 is 10.8 Å². The zero-order chi connectivity index (χ0) is 22.4. The Morgan fingerprint density at radius 1 is 0.906 bits per heavy atom. The summed E-state index contributed by atoms with van der Waals surface area (Å²) in [6.45, 7) is 8.88. The van der Waals surface area contributed by atoms with Gasteiger partial charge < -0.3 is 9.84 Å². The number of hydrogen-bond acceptors (Lipinski definition) is 2. The molecular weight excluding hydrogens is 394 g/mol. The number of fused-ring (bicyclic) bond motifs is 3. The van der Waals surface area contributed by atoms with Crippen LogP contribution in [0.2, 0.25) is 0 Å². The molecule has 32 heavy (non-hydrogen) atoms. The van der Waals surface area contributed by atoms with Crippen LogP contribution in [0.25, 0.3) is 44.3 Å². The van der Waals surface area contributed by atoms with Crippen LogP contribution in [0.1, 0.15) is 49.8 Å². The maximum Gasteiger partial charge on any atom is 0.291 e. The number of nitrogens with zero attached hydrogens (tertiary/aromatic N) is 1. The number of aryl methyl sites for hydroxylation is 1. The van der Waals surface area contributed by atoms with Gasteiger partial charge in [-0.15, -0.1) is 0 Å². The van der Waals surface area contributed by atoms with E-state index < -0.39 is 12.3 Å². The number of hydrogen-bond donors (Lipinski definition) is 1. The quantitative estimate of drug-likeness (QED) is 0.324. The van der Waals surface area contributed by atoms with Crippen molar-refractivity contribution in [1.29, 1.82) is 0 Å². The third-order valence-corrected chi connectivity index (χ3v) is 7.12. The van der Waals surface area contributed by atoms with Crippen LogP contribution >= 0.6 is 0 Å². The van der Waals surface area contributed by atoms with Gasteiger partial charge >= 0.3 is 0 Å². The first-order chi connectivity index (χ1) is 15.3. The van der Waals surface area contributed by atoms with Gasteiger partial charge in [0.1, 0.15) is 0 Å². The molecule has 0 spiro atoms. The molecular formula is C29H28NO2+. The van der Waals surface area contributed by atoms with Crippen LogP contribution in [-0.2, 0) is 10.2 Å². The summed E-state index contributed by atoms with van der Waals surface area (Å²) in [5.74, 6) is 0. The van der Waals surface area contributed by atoms with E-state index in [0.29, 0.717) is 0 Å². The molecule has 0 saturated heterocycles. The molecule has 1 N–H and O–H groups in total. The van der Waals surface area contributed by atoms with E-state index in [1.165, 1.54) is 49.7 Å². The van der Waals surface area contributed by atoms with Crippen LogP contribution in [-0.4, -0.2) is 12.2 Å². The topological polar surface area (TPSA) is 33.3 Å². The molecule has 160 valence electrons. The molecule has 4 aromatic rings. The molecule has 1 aromatic heterocycles. The number of aliphatic hydroxyl groups is 1. The molecule has 0 amide bonds. The van der Waals surface area contributed by atoms with Crippen LogP contribution in [0.4, 0.5) is 0 Å². The fourth-order valence-corrected chi connectivity index (χ4v) is 5.57. The maximum atomic E-state index is 11.4. The highest BCUT2D eigenvalue weighted by molar-refractivity contribution is 6.12. The Labute approximate surface area is 188 Å². The summed E-state index contributed by atoms with van der Waals surface area (Å²) in [6, 6.07) is 19.9. The second-order valence-electron chi connectivity index (χ2n) is 10.2. The van der Waals surface area contributed by atoms with Gasteiger partial charge in [-0.3, -0.25) is 0 Å². The van der Waals surface area contributed by atoms with Gasteiger partial charge in [-0.05, 0) is 57.2 Å². The van der Waals surface area contributed by atoms with E-state index in [2.05, 4.69) is 82.3 Å². The van der Waals surface area contributed by atoms with Gasteiger partial charge in [0.2, 0.25) is 5.69 Å². The molecule has 3 aromatic carbocycles. The molecule has 0 radical (unpaired) electrons. The second-order valence-corrected chi connectivity index (χ2v) is 10.2. The number of benzene rings is 3. The lowest BCUT2D eigenvalue weighted by Crippen LogP contribution is -2.48. The molecule has 0 fully saturated rings. The predicted octanol–water partition coefficient (Wildman–Crippen LogP) is 6.24. The van der Waals surface area contributed by atoms with Gasteiger partial charge in [0.25, 0.3) is 6.23 Å². The summed E-state index contributed by atoms with van der Waals surface area (Å²) in [5, 5.41) is 13.8. The highest BCUT2D eigenvalue weighted by Gasteiger charge is 2.44. The molecule has 3 heteroatoms. The van der Waals surface area contributed by atoms with Gasteiger partial charge in [0.05, 0.1) is 10.9 Å². The van der Waals surface area contributed by atoms with Crippen LogP contribution in [0, 0.1) is 6.92 Å². The summed E-state index contributed by atoms with van der Waals surface area (Å²) in [7, 11) is 1.69. The van der Waals surface area contributed by atoms with E-state index in [1.807, 2.05) is 10.8 Å². The highest BCUT2D eigenvalue weighted by Crippen LogP contribution is 2.52. The summed E-state index contributed by atoms with van der Waals surface area (Å²) in [5.41, 5.74) is 10.7. The third kappa shape index (κ3) is 2.52. The average Bonchev–Trinajstić information content (AvgIpc) is 2.88. The largest absolute Gasteiger partial charge is 0.367 e. The number of pyridine rings is 1. The third-order valence-electron chi connectivity index (χ3n) is 7.12. The number of aliphatic hydroxyl groups excluding tert-OH is 1. The molecule has 1 aliphatic heterocycles. The van der Waals surface area contributed by atoms with Crippen LogP contribution < -0.4 is 4.57 Å². The minimum atomic E-state index is -0.787. The SMILES string of the molecule is CO[C@H]1c2cc(C(C)(C)C)cc3c2-c2c4c(cc(C)cc4cc[n+]2[C@H]1O)-c1ccccc1-3. The summed E-state index contributed by atoms with van der Waals surface area (Å²) in [4.78, 5) is 0. The first kappa shape index (κ1) is 19.7. The van der Waals surface area contributed by atoms with Crippen molar-refractivity contribution in [2.75, 3.05) is 7.11 Å². The highest BCUT2D eigenvalue weighted by atomic mass is 16.5. The smallest absolute Gasteiger partial charge is 0.291 e. The minimum absolute atomic E-state index is 0.0289. The van der Waals surface area contributed by atoms with Gasteiger partial charge in [-0.1, -0.05) is 63.2 Å². The monoisotopic (exact) mass is 422 g/mol. The first-order valence-corrected chi connectivity index (χ1v) is 11.3. The van der Waals surface area contributed by atoms with Crippen LogP contribution in [0.3, 0.4) is 0 Å². The standard InChI is InChI=1S/C29H28NO2/c1-16-12-17-10-11-30-26-24(17)21(13-16)19-8-6-7-9-20(19)22-14-18(29(2,3)4)15-23(25(22)26)27(32-5)28(30)31/h6-15,27-28,31H,1-5H3/q+1/t27-,28-/m0/s1. The van der Waals surface area contributed by atoms with Crippen molar-refractivity contribution in [2.45, 2.75) is 45.4 Å². The van der Waals surface area contributed by atoms with E-state index in [-0.39, 0.29) is 5.41 Å². The Bertz CT molecular complexity index is 1430. The molecule has 2 atom stereocenters. The molecule has 2 heterocycles. The normalized spacial score (nSPS) is 18.4. The second kappa shape index (κ2) is 6.50. The molecule has 0 bridgehead atoms. The number of methoxy groups -OCH3 is 1. The minimum Gasteiger partial charge on any atom is -0.367 e. The van der Waals surface area contributed by atoms with Crippen molar-refractivity contribution in [3.05, 3.63) is 77.5 Å². The number of rotatable bonds is 1. The van der Waals surface area contributed by atoms with E-state index >= 15 is 0 Å². The summed E-state index contributed by atoms with van der Waals surface area (Å²) < 4.78 is 7.92. The van der Waals surface area contributed by atoms with E-state index in [1.54, 1.807) is 7.11 Å². The summed E-state index contributed by atoms with van der Waals surface area (Å²) >= 11 is 0. The van der Waals surface area contributed by atoms with E-state index in [9.17, 15) is 5.11 Å². The first-order valence-electron chi connectivity index (χ1n) is 11.3. The van der Waals surface area contributed by atoms with Gasteiger partial charge in [0.15, 0.2) is 12.3 Å².